The number of anilines is 2. The highest BCUT2D eigenvalue weighted by molar-refractivity contribution is 7.93. The monoisotopic (exact) mass is 320 g/mol. The average Bonchev–Trinajstić information content (AvgIpc) is 2.95. The molecule has 0 fully saturated rings. The van der Waals surface area contributed by atoms with E-state index in [2.05, 4.69) is 8.75 Å². The Morgan fingerprint density at radius 1 is 1.10 bits per heavy atom. The van der Waals surface area contributed by atoms with Crippen LogP contribution in [0.5, 0.6) is 0 Å². The van der Waals surface area contributed by atoms with E-state index in [0.717, 1.165) is 11.7 Å². The second-order valence-corrected chi connectivity index (χ2v) is 6.92. The zero-order valence-electron chi connectivity index (χ0n) is 11.1. The number of rotatable bonds is 3. The SMILES string of the molecule is CN(c1ccc(N)cc1)S(=O)(=O)c1cccc2nsnc12. The highest BCUT2D eigenvalue weighted by Gasteiger charge is 2.25. The van der Waals surface area contributed by atoms with Crippen molar-refractivity contribution in [3.05, 3.63) is 42.5 Å². The van der Waals surface area contributed by atoms with Gasteiger partial charge in [0.1, 0.15) is 15.9 Å². The van der Waals surface area contributed by atoms with Gasteiger partial charge in [0.05, 0.1) is 17.4 Å². The molecule has 6 nitrogen and oxygen atoms in total. The number of nitrogen functional groups attached to an aromatic ring is 1. The quantitative estimate of drug-likeness (QED) is 0.746. The minimum atomic E-state index is -3.70. The Morgan fingerprint density at radius 2 is 1.81 bits per heavy atom. The Balaban J connectivity index is 2.11. The molecule has 1 heterocycles. The molecule has 0 bridgehead atoms. The van der Waals surface area contributed by atoms with E-state index in [1.54, 1.807) is 36.4 Å². The van der Waals surface area contributed by atoms with E-state index in [1.165, 1.54) is 17.4 Å². The largest absolute Gasteiger partial charge is 0.399 e. The summed E-state index contributed by atoms with van der Waals surface area (Å²) in [6, 6.07) is 11.6. The van der Waals surface area contributed by atoms with Gasteiger partial charge in [0, 0.05) is 12.7 Å². The number of nitrogens with two attached hydrogens (primary N) is 1. The summed E-state index contributed by atoms with van der Waals surface area (Å²) in [7, 11) is -2.21. The third-order valence-corrected chi connectivity index (χ3v) is 5.50. The first kappa shape index (κ1) is 13.8. The van der Waals surface area contributed by atoms with Crippen molar-refractivity contribution in [1.29, 1.82) is 0 Å². The van der Waals surface area contributed by atoms with Gasteiger partial charge in [-0.05, 0) is 36.4 Å². The zero-order valence-corrected chi connectivity index (χ0v) is 12.7. The molecule has 0 radical (unpaired) electrons. The first-order valence-electron chi connectivity index (χ1n) is 6.06. The van der Waals surface area contributed by atoms with Gasteiger partial charge < -0.3 is 5.73 Å². The molecule has 0 amide bonds. The van der Waals surface area contributed by atoms with Crippen LogP contribution in [0, 0.1) is 0 Å². The Morgan fingerprint density at radius 3 is 2.52 bits per heavy atom. The molecule has 0 saturated heterocycles. The maximum atomic E-state index is 12.8. The number of aromatic nitrogens is 2. The second kappa shape index (κ2) is 4.97. The van der Waals surface area contributed by atoms with Crippen LogP contribution >= 0.6 is 11.7 Å². The minimum Gasteiger partial charge on any atom is -0.399 e. The van der Waals surface area contributed by atoms with Crippen molar-refractivity contribution < 1.29 is 8.42 Å². The summed E-state index contributed by atoms with van der Waals surface area (Å²) >= 11 is 0.993. The van der Waals surface area contributed by atoms with Crippen molar-refractivity contribution in [1.82, 2.24) is 8.75 Å². The number of nitrogens with zero attached hydrogens (tertiary/aromatic N) is 3. The van der Waals surface area contributed by atoms with Gasteiger partial charge in [0.25, 0.3) is 10.0 Å². The van der Waals surface area contributed by atoms with E-state index in [-0.39, 0.29) is 4.90 Å². The lowest BCUT2D eigenvalue weighted by molar-refractivity contribution is 0.595. The molecule has 3 rings (SSSR count). The van der Waals surface area contributed by atoms with Crippen molar-refractivity contribution in [3.63, 3.8) is 0 Å². The van der Waals surface area contributed by atoms with Crippen LogP contribution in [0.1, 0.15) is 0 Å². The molecule has 0 spiro atoms. The van der Waals surface area contributed by atoms with Crippen LogP contribution < -0.4 is 10.0 Å². The summed E-state index contributed by atoms with van der Waals surface area (Å²) in [5.74, 6) is 0. The smallest absolute Gasteiger partial charge is 0.266 e. The topological polar surface area (TPSA) is 89.2 Å². The number of hydrogen-bond acceptors (Lipinski definition) is 6. The summed E-state index contributed by atoms with van der Waals surface area (Å²) in [4.78, 5) is 0.146. The third-order valence-electron chi connectivity index (χ3n) is 3.14. The van der Waals surface area contributed by atoms with Gasteiger partial charge in [-0.1, -0.05) is 6.07 Å². The van der Waals surface area contributed by atoms with Crippen LogP contribution in [-0.2, 0) is 10.0 Å². The van der Waals surface area contributed by atoms with Crippen LogP contribution in [0.4, 0.5) is 11.4 Å². The van der Waals surface area contributed by atoms with Crippen LogP contribution in [0.15, 0.2) is 47.4 Å². The number of hydrogen-bond donors (Lipinski definition) is 1. The lowest BCUT2D eigenvalue weighted by Gasteiger charge is -2.19. The van der Waals surface area contributed by atoms with Gasteiger partial charge in [-0.2, -0.15) is 8.75 Å². The van der Waals surface area contributed by atoms with E-state index in [4.69, 9.17) is 5.73 Å². The first-order valence-corrected chi connectivity index (χ1v) is 8.23. The zero-order chi connectivity index (χ0) is 15.0. The second-order valence-electron chi connectivity index (χ2n) is 4.45. The van der Waals surface area contributed by atoms with Gasteiger partial charge in [-0.15, -0.1) is 0 Å². The van der Waals surface area contributed by atoms with Crippen molar-refractivity contribution in [3.8, 4) is 0 Å². The van der Waals surface area contributed by atoms with E-state index in [0.29, 0.717) is 22.4 Å². The molecule has 21 heavy (non-hydrogen) atoms. The molecule has 8 heteroatoms. The summed E-state index contributed by atoms with van der Waals surface area (Å²) in [5, 5.41) is 0. The molecule has 108 valence electrons. The lowest BCUT2D eigenvalue weighted by Crippen LogP contribution is -2.26. The van der Waals surface area contributed by atoms with E-state index in [1.807, 2.05) is 0 Å². The van der Waals surface area contributed by atoms with E-state index >= 15 is 0 Å². The van der Waals surface area contributed by atoms with Gasteiger partial charge in [-0.3, -0.25) is 4.31 Å². The molecule has 0 saturated carbocycles. The molecule has 3 aromatic rings. The normalized spacial score (nSPS) is 11.7. The molecular formula is C13H12N4O2S2. The number of benzene rings is 2. The Bertz CT molecular complexity index is 888. The molecular weight excluding hydrogens is 308 g/mol. The van der Waals surface area contributed by atoms with Gasteiger partial charge >= 0.3 is 0 Å². The fourth-order valence-corrected chi connectivity index (χ4v) is 3.91. The first-order chi connectivity index (χ1) is 10.00. The predicted molar refractivity (Wildman–Crippen MR) is 83.9 cm³/mol. The van der Waals surface area contributed by atoms with Crippen molar-refractivity contribution in [2.24, 2.45) is 0 Å². The van der Waals surface area contributed by atoms with Crippen molar-refractivity contribution in [2.75, 3.05) is 17.1 Å². The molecule has 2 N–H and O–H groups in total. The summed E-state index contributed by atoms with van der Waals surface area (Å²) in [5.41, 5.74) is 7.70. The highest BCUT2D eigenvalue weighted by atomic mass is 32.2. The Labute approximate surface area is 126 Å². The standard InChI is InChI=1S/C13H12N4O2S2/c1-17(10-7-5-9(14)6-8-10)21(18,19)12-4-2-3-11-13(12)16-20-15-11/h2-8H,14H2,1H3. The van der Waals surface area contributed by atoms with Crippen LogP contribution in [0.2, 0.25) is 0 Å². The van der Waals surface area contributed by atoms with Gasteiger partial charge in [0.2, 0.25) is 0 Å². The average molecular weight is 320 g/mol. The maximum absolute atomic E-state index is 12.8. The Kier molecular flexibility index (Phi) is 3.26. The molecule has 0 aliphatic rings. The molecule has 0 aliphatic heterocycles. The number of sulfonamides is 1. The summed E-state index contributed by atoms with van der Waals surface area (Å²) in [6.07, 6.45) is 0. The Hall–Kier alpha value is -2.19. The molecule has 1 aromatic heterocycles. The van der Waals surface area contributed by atoms with Crippen LogP contribution in [0.25, 0.3) is 11.0 Å². The molecule has 0 unspecified atom stereocenters. The maximum Gasteiger partial charge on any atom is 0.266 e. The summed E-state index contributed by atoms with van der Waals surface area (Å²) < 4.78 is 34.9. The predicted octanol–water partition coefficient (Wildman–Crippen LogP) is 2.10. The lowest BCUT2D eigenvalue weighted by atomic mass is 10.3. The van der Waals surface area contributed by atoms with Gasteiger partial charge in [-0.25, -0.2) is 8.42 Å². The third kappa shape index (κ3) is 2.32. The highest BCUT2D eigenvalue weighted by Crippen LogP contribution is 2.27. The van der Waals surface area contributed by atoms with Crippen LogP contribution in [-0.4, -0.2) is 24.2 Å². The van der Waals surface area contributed by atoms with Crippen molar-refractivity contribution in [2.45, 2.75) is 4.90 Å². The molecule has 0 atom stereocenters. The van der Waals surface area contributed by atoms with Crippen molar-refractivity contribution >= 4 is 44.2 Å². The number of fused-ring (bicyclic) bond motifs is 1. The fourth-order valence-electron chi connectivity index (χ4n) is 1.96. The van der Waals surface area contributed by atoms with E-state index < -0.39 is 10.0 Å². The van der Waals surface area contributed by atoms with Gasteiger partial charge in [0.15, 0.2) is 0 Å². The molecule has 2 aromatic carbocycles. The minimum absolute atomic E-state index is 0.146. The summed E-state index contributed by atoms with van der Waals surface area (Å²) in [6.45, 7) is 0. The van der Waals surface area contributed by atoms with E-state index in [9.17, 15) is 8.42 Å². The molecule has 0 aliphatic carbocycles. The van der Waals surface area contributed by atoms with Crippen LogP contribution in [0.3, 0.4) is 0 Å². The fraction of sp³-hybridized carbons (Fsp3) is 0.0769.